The Morgan fingerprint density at radius 2 is 1.42 bits per heavy atom. The number of methoxy groups -OCH3 is 1. The number of carbonyl (C=O) groups excluding carboxylic acids is 2. The summed E-state index contributed by atoms with van der Waals surface area (Å²) in [6, 6.07) is 30.8. The zero-order chi connectivity index (χ0) is 26.6. The normalized spacial score (nSPS) is 14.7. The molecule has 0 aliphatic carbocycles. The Bertz CT molecular complexity index is 1470. The van der Waals surface area contributed by atoms with E-state index in [1.165, 1.54) is 19.2 Å². The summed E-state index contributed by atoms with van der Waals surface area (Å²) in [5.74, 6) is -0.755. The molecule has 0 saturated carbocycles. The molecule has 0 bridgehead atoms. The third-order valence-electron chi connectivity index (χ3n) is 6.60. The van der Waals surface area contributed by atoms with E-state index in [0.29, 0.717) is 17.8 Å². The monoisotopic (exact) mass is 507 g/mol. The van der Waals surface area contributed by atoms with Crippen LogP contribution >= 0.6 is 0 Å². The number of hydrogen-bond acceptors (Lipinski definition) is 6. The summed E-state index contributed by atoms with van der Waals surface area (Å²) in [5.41, 5.74) is 3.87. The minimum Gasteiger partial charge on any atom is -0.465 e. The Balaban J connectivity index is 1.68. The number of fused-ring (bicyclic) bond motifs is 1. The molecule has 8 heteroatoms. The number of hydrogen-bond donors (Lipinski definition) is 0. The van der Waals surface area contributed by atoms with Crippen LogP contribution in [0, 0.1) is 10.1 Å². The first kappa shape index (κ1) is 24.7. The summed E-state index contributed by atoms with van der Waals surface area (Å²) in [6.45, 7) is 0.740. The molecular formula is C30H25N3O5. The lowest BCUT2D eigenvalue weighted by atomic mass is 9.98. The van der Waals surface area contributed by atoms with Crippen molar-refractivity contribution in [1.29, 1.82) is 0 Å². The van der Waals surface area contributed by atoms with Gasteiger partial charge < -0.3 is 14.5 Å². The number of benzene rings is 4. The van der Waals surface area contributed by atoms with E-state index in [-0.39, 0.29) is 23.7 Å². The van der Waals surface area contributed by atoms with Gasteiger partial charge in [0.25, 0.3) is 11.6 Å². The van der Waals surface area contributed by atoms with Gasteiger partial charge in [0.2, 0.25) is 0 Å². The molecule has 1 heterocycles. The summed E-state index contributed by atoms with van der Waals surface area (Å²) in [4.78, 5) is 40.9. The van der Waals surface area contributed by atoms with Crippen LogP contribution in [0.3, 0.4) is 0 Å². The average Bonchev–Trinajstić information content (AvgIpc) is 2.96. The fourth-order valence-corrected chi connectivity index (χ4v) is 4.78. The van der Waals surface area contributed by atoms with Crippen molar-refractivity contribution in [2.75, 3.05) is 12.0 Å². The molecule has 1 aliphatic rings. The first-order valence-corrected chi connectivity index (χ1v) is 12.1. The number of rotatable bonds is 7. The molecule has 4 aromatic rings. The van der Waals surface area contributed by atoms with E-state index in [1.807, 2.05) is 72.8 Å². The van der Waals surface area contributed by atoms with Gasteiger partial charge >= 0.3 is 5.97 Å². The second-order valence-electron chi connectivity index (χ2n) is 8.98. The predicted octanol–water partition coefficient (Wildman–Crippen LogP) is 5.74. The lowest BCUT2D eigenvalue weighted by molar-refractivity contribution is -0.384. The summed E-state index contributed by atoms with van der Waals surface area (Å²) in [6.07, 6.45) is -0.538. The zero-order valence-corrected chi connectivity index (χ0v) is 20.7. The summed E-state index contributed by atoms with van der Waals surface area (Å²) in [7, 11) is 1.33. The third-order valence-corrected chi connectivity index (χ3v) is 6.60. The molecule has 5 rings (SSSR count). The zero-order valence-electron chi connectivity index (χ0n) is 20.7. The fourth-order valence-electron chi connectivity index (χ4n) is 4.78. The molecule has 4 aromatic carbocycles. The van der Waals surface area contributed by atoms with Crippen LogP contribution in [-0.2, 0) is 17.8 Å². The smallest absolute Gasteiger partial charge is 0.337 e. The molecular weight excluding hydrogens is 482 g/mol. The van der Waals surface area contributed by atoms with Crippen molar-refractivity contribution in [3.63, 3.8) is 0 Å². The van der Waals surface area contributed by atoms with Crippen molar-refractivity contribution < 1.29 is 19.2 Å². The van der Waals surface area contributed by atoms with Gasteiger partial charge in [-0.3, -0.25) is 14.9 Å². The maximum atomic E-state index is 14.0. The minimum atomic E-state index is -0.538. The SMILES string of the molecule is COC(=O)c1ccc([C@H]2N(Cc3ccccc3)C(=O)c3cc([N+](=O)[O-])ccc3N2Cc2ccccc2)cc1. The number of nitro groups is 1. The molecule has 190 valence electrons. The Morgan fingerprint density at radius 1 is 0.842 bits per heavy atom. The van der Waals surface area contributed by atoms with Crippen LogP contribution in [0.2, 0.25) is 0 Å². The number of non-ortho nitro benzene ring substituents is 1. The number of carbonyl (C=O) groups is 2. The van der Waals surface area contributed by atoms with Crippen molar-refractivity contribution >= 4 is 23.3 Å². The van der Waals surface area contributed by atoms with Crippen LogP contribution in [0.25, 0.3) is 0 Å². The quantitative estimate of drug-likeness (QED) is 0.180. The molecule has 38 heavy (non-hydrogen) atoms. The lowest BCUT2D eigenvalue weighted by Gasteiger charge is -2.46. The van der Waals surface area contributed by atoms with Gasteiger partial charge in [-0.25, -0.2) is 4.79 Å². The highest BCUT2D eigenvalue weighted by Gasteiger charge is 2.39. The molecule has 1 atom stereocenters. The molecule has 0 unspecified atom stereocenters. The second-order valence-corrected chi connectivity index (χ2v) is 8.98. The van der Waals surface area contributed by atoms with E-state index in [2.05, 4.69) is 4.90 Å². The standard InChI is InChI=1S/C30H25N3O5/c1-38-30(35)24-14-12-23(13-15-24)28-31(19-21-8-4-2-5-9-21)27-17-16-25(33(36)37)18-26(27)29(34)32(28)20-22-10-6-3-7-11-22/h2-18,28H,19-20H2,1H3/t28-/m1/s1. The Hall–Kier alpha value is -4.98. The lowest BCUT2D eigenvalue weighted by Crippen LogP contribution is -2.48. The van der Waals surface area contributed by atoms with Gasteiger partial charge in [0.1, 0.15) is 6.17 Å². The largest absolute Gasteiger partial charge is 0.465 e. The van der Waals surface area contributed by atoms with Gasteiger partial charge in [-0.1, -0.05) is 72.8 Å². The van der Waals surface area contributed by atoms with Gasteiger partial charge in [0.15, 0.2) is 0 Å². The maximum Gasteiger partial charge on any atom is 0.337 e. The van der Waals surface area contributed by atoms with Crippen molar-refractivity contribution in [2.45, 2.75) is 19.3 Å². The number of nitrogens with zero attached hydrogens (tertiary/aromatic N) is 3. The average molecular weight is 508 g/mol. The van der Waals surface area contributed by atoms with Crippen molar-refractivity contribution in [1.82, 2.24) is 4.90 Å². The van der Waals surface area contributed by atoms with Crippen molar-refractivity contribution in [2.24, 2.45) is 0 Å². The Morgan fingerprint density at radius 3 is 1.97 bits per heavy atom. The highest BCUT2D eigenvalue weighted by molar-refractivity contribution is 6.02. The van der Waals surface area contributed by atoms with E-state index in [1.54, 1.807) is 23.1 Å². The number of anilines is 1. The first-order chi connectivity index (χ1) is 18.5. The fraction of sp³-hybridized carbons (Fsp3) is 0.133. The maximum absolute atomic E-state index is 14.0. The first-order valence-electron chi connectivity index (χ1n) is 12.1. The van der Waals surface area contributed by atoms with Crippen LogP contribution in [0.5, 0.6) is 0 Å². The topological polar surface area (TPSA) is 93.0 Å². The number of esters is 1. The van der Waals surface area contributed by atoms with Crippen LogP contribution in [0.15, 0.2) is 103 Å². The van der Waals surface area contributed by atoms with Gasteiger partial charge in [-0.2, -0.15) is 0 Å². The highest BCUT2D eigenvalue weighted by Crippen LogP contribution is 2.42. The van der Waals surface area contributed by atoms with Crippen LogP contribution < -0.4 is 4.90 Å². The molecule has 0 N–H and O–H groups in total. The molecule has 1 aliphatic heterocycles. The van der Waals surface area contributed by atoms with E-state index >= 15 is 0 Å². The Kier molecular flexibility index (Phi) is 6.86. The van der Waals surface area contributed by atoms with E-state index in [4.69, 9.17) is 4.74 Å². The van der Waals surface area contributed by atoms with Crippen LogP contribution in [-0.4, -0.2) is 28.8 Å². The van der Waals surface area contributed by atoms with E-state index in [9.17, 15) is 19.7 Å². The van der Waals surface area contributed by atoms with E-state index < -0.39 is 17.1 Å². The number of nitro benzene ring substituents is 1. The van der Waals surface area contributed by atoms with Crippen molar-refractivity contribution in [3.8, 4) is 0 Å². The minimum absolute atomic E-state index is 0.141. The third kappa shape index (κ3) is 4.84. The van der Waals surface area contributed by atoms with Gasteiger partial charge in [0, 0.05) is 25.2 Å². The predicted molar refractivity (Wildman–Crippen MR) is 143 cm³/mol. The number of ether oxygens (including phenoxy) is 1. The molecule has 0 aromatic heterocycles. The summed E-state index contributed by atoms with van der Waals surface area (Å²) >= 11 is 0. The summed E-state index contributed by atoms with van der Waals surface area (Å²) in [5, 5.41) is 11.6. The molecule has 0 radical (unpaired) electrons. The van der Waals surface area contributed by atoms with Crippen molar-refractivity contribution in [3.05, 3.63) is 141 Å². The van der Waals surface area contributed by atoms with Gasteiger partial charge in [0.05, 0.1) is 28.8 Å². The van der Waals surface area contributed by atoms with E-state index in [0.717, 1.165) is 16.7 Å². The molecule has 0 saturated heterocycles. The second kappa shape index (κ2) is 10.6. The van der Waals surface area contributed by atoms with Gasteiger partial charge in [-0.05, 0) is 34.9 Å². The number of amides is 1. The molecule has 8 nitrogen and oxygen atoms in total. The summed E-state index contributed by atoms with van der Waals surface area (Å²) < 4.78 is 4.85. The molecule has 1 amide bonds. The highest BCUT2D eigenvalue weighted by atomic mass is 16.6. The van der Waals surface area contributed by atoms with Gasteiger partial charge in [-0.15, -0.1) is 0 Å². The van der Waals surface area contributed by atoms with Crippen LogP contribution in [0.1, 0.15) is 43.6 Å². The molecule has 0 fully saturated rings. The molecule has 0 spiro atoms. The Labute approximate surface area is 219 Å². The van der Waals surface area contributed by atoms with Crippen LogP contribution in [0.4, 0.5) is 11.4 Å².